The van der Waals surface area contributed by atoms with E-state index in [9.17, 15) is 0 Å². The van der Waals surface area contributed by atoms with Gasteiger partial charge in [0.15, 0.2) is 0 Å². The largest absolute Gasteiger partial charge is 0.119 e. The fourth-order valence-electron chi connectivity index (χ4n) is 0.0680. The third-order valence-electron chi connectivity index (χ3n) is 0.539. The van der Waals surface area contributed by atoms with Crippen molar-refractivity contribution in [2.24, 2.45) is 0 Å². The molecule has 1 unspecified atom stereocenters. The molecule has 0 saturated carbocycles. The first-order chi connectivity index (χ1) is 2.81. The lowest BCUT2D eigenvalue weighted by Gasteiger charge is -1.77. The van der Waals surface area contributed by atoms with Crippen molar-refractivity contribution in [1.82, 2.24) is 0 Å². The molecule has 0 aromatic rings. The zero-order valence-corrected chi connectivity index (χ0v) is 4.88. The second-order valence-electron chi connectivity index (χ2n) is 0.911. The van der Waals surface area contributed by atoms with Crippen LogP contribution in [0.15, 0.2) is 0 Å². The van der Waals surface area contributed by atoms with Gasteiger partial charge in [0.25, 0.3) is 0 Å². The van der Waals surface area contributed by atoms with Crippen molar-refractivity contribution < 1.29 is 0 Å². The van der Waals surface area contributed by atoms with Gasteiger partial charge < -0.3 is 0 Å². The summed E-state index contributed by atoms with van der Waals surface area (Å²) in [6.45, 7) is 1.98. The molecule has 0 aliphatic carbocycles. The fourth-order valence-corrected chi connectivity index (χ4v) is 0.204. The molecule has 0 aromatic heterocycles. The summed E-state index contributed by atoms with van der Waals surface area (Å²) in [5.74, 6) is 0. The van der Waals surface area contributed by atoms with Crippen molar-refractivity contribution in [3.05, 3.63) is 0 Å². The van der Waals surface area contributed by atoms with Crippen LogP contribution in [0.1, 0.15) is 6.92 Å². The van der Waals surface area contributed by atoms with E-state index in [-0.39, 0.29) is 10.5 Å². The van der Waals surface area contributed by atoms with Gasteiger partial charge in [-0.1, -0.05) is 5.37 Å². The first-order valence-electron chi connectivity index (χ1n) is 1.71. The molecule has 34 valence electrons. The van der Waals surface area contributed by atoms with Crippen LogP contribution in [0.25, 0.3) is 0 Å². The SMILES string of the molecule is C#CS(C)=CC. The smallest absolute Gasteiger partial charge is 0.0122 e. The van der Waals surface area contributed by atoms with Gasteiger partial charge >= 0.3 is 0 Å². The van der Waals surface area contributed by atoms with Crippen LogP contribution >= 0.6 is 10.5 Å². The van der Waals surface area contributed by atoms with Crippen LogP contribution in [-0.2, 0) is 0 Å². The summed E-state index contributed by atoms with van der Waals surface area (Å²) in [6, 6.07) is 0. The minimum Gasteiger partial charge on any atom is -0.119 e. The van der Waals surface area contributed by atoms with Crippen LogP contribution in [0.5, 0.6) is 0 Å². The molecule has 0 radical (unpaired) electrons. The van der Waals surface area contributed by atoms with Gasteiger partial charge in [-0.15, -0.1) is 16.9 Å². The monoisotopic (exact) mass is 100 g/mol. The molecule has 0 spiro atoms. The number of hydrogen-bond donors (Lipinski definition) is 0. The Labute approximate surface area is 41.5 Å². The van der Waals surface area contributed by atoms with Crippen molar-refractivity contribution in [1.29, 1.82) is 0 Å². The molecular formula is C5H8S. The first kappa shape index (κ1) is 5.78. The number of terminal acetylenes is 1. The Morgan fingerprint density at radius 3 is 2.33 bits per heavy atom. The summed E-state index contributed by atoms with van der Waals surface area (Å²) in [5, 5.41) is 4.60. The van der Waals surface area contributed by atoms with Gasteiger partial charge in [-0.05, 0) is 18.4 Å². The van der Waals surface area contributed by atoms with E-state index in [2.05, 4.69) is 5.25 Å². The third kappa shape index (κ3) is 2.04. The lowest BCUT2D eigenvalue weighted by atomic mass is 11.0. The molecule has 0 aliphatic rings. The topological polar surface area (TPSA) is 0 Å². The zero-order valence-electron chi connectivity index (χ0n) is 4.06. The second kappa shape index (κ2) is 2.99. The van der Waals surface area contributed by atoms with Crippen molar-refractivity contribution in [3.63, 3.8) is 0 Å². The van der Waals surface area contributed by atoms with Crippen LogP contribution in [-0.4, -0.2) is 11.6 Å². The molecular weight excluding hydrogens is 92.1 g/mol. The molecule has 0 heterocycles. The maximum atomic E-state index is 5.01. The molecule has 0 fully saturated rings. The van der Waals surface area contributed by atoms with Gasteiger partial charge in [0.2, 0.25) is 0 Å². The van der Waals surface area contributed by atoms with Crippen molar-refractivity contribution >= 4 is 15.9 Å². The Kier molecular flexibility index (Phi) is 2.88. The minimum absolute atomic E-state index is 0.119. The molecule has 0 aliphatic heterocycles. The zero-order chi connectivity index (χ0) is 4.99. The second-order valence-corrected chi connectivity index (χ2v) is 2.73. The van der Waals surface area contributed by atoms with E-state index in [1.807, 2.05) is 18.5 Å². The van der Waals surface area contributed by atoms with Gasteiger partial charge in [-0.2, -0.15) is 0 Å². The van der Waals surface area contributed by atoms with Gasteiger partial charge in [0.05, 0.1) is 0 Å². The molecule has 0 saturated heterocycles. The maximum Gasteiger partial charge on any atom is -0.0122 e. The van der Waals surface area contributed by atoms with Gasteiger partial charge in [0, 0.05) is 0 Å². The van der Waals surface area contributed by atoms with E-state index < -0.39 is 0 Å². The van der Waals surface area contributed by atoms with E-state index in [1.165, 1.54) is 0 Å². The van der Waals surface area contributed by atoms with E-state index in [0.717, 1.165) is 0 Å². The quantitative estimate of drug-likeness (QED) is 0.318. The van der Waals surface area contributed by atoms with Crippen molar-refractivity contribution in [2.45, 2.75) is 6.92 Å². The lowest BCUT2D eigenvalue weighted by molar-refractivity contribution is 2.13. The Balaban J connectivity index is 3.61. The average molecular weight is 100 g/mol. The summed E-state index contributed by atoms with van der Waals surface area (Å²) in [4.78, 5) is 0. The highest BCUT2D eigenvalue weighted by Gasteiger charge is 1.63. The molecule has 0 N–H and O–H groups in total. The maximum absolute atomic E-state index is 5.01. The van der Waals surface area contributed by atoms with Crippen LogP contribution in [0.2, 0.25) is 0 Å². The molecule has 1 heteroatoms. The minimum atomic E-state index is 0.119. The summed E-state index contributed by atoms with van der Waals surface area (Å²) in [6.07, 6.45) is 7.03. The summed E-state index contributed by atoms with van der Waals surface area (Å²) >= 11 is 0. The lowest BCUT2D eigenvalue weighted by Crippen LogP contribution is -1.56. The molecule has 0 nitrogen and oxygen atoms in total. The number of rotatable bonds is 0. The normalized spacial score (nSPS) is 13.5. The highest BCUT2D eigenvalue weighted by atomic mass is 32.2. The Morgan fingerprint density at radius 1 is 1.83 bits per heavy atom. The average Bonchev–Trinajstić information content (AvgIpc) is 1.65. The molecule has 0 rings (SSSR count). The molecule has 0 amide bonds. The standard InChI is InChI=1S/C5H8S/c1-4-6(3)5-2/h1,5H,2-3H3. The van der Waals surface area contributed by atoms with E-state index in [1.54, 1.807) is 0 Å². The summed E-state index contributed by atoms with van der Waals surface area (Å²) < 4.78 is 0. The molecule has 1 atom stereocenters. The molecule has 0 aromatic carbocycles. The van der Waals surface area contributed by atoms with E-state index in [0.29, 0.717) is 0 Å². The van der Waals surface area contributed by atoms with Crippen LogP contribution in [0.4, 0.5) is 0 Å². The predicted molar refractivity (Wildman–Crippen MR) is 34.1 cm³/mol. The number of hydrogen-bond acceptors (Lipinski definition) is 0. The van der Waals surface area contributed by atoms with E-state index in [4.69, 9.17) is 6.42 Å². The highest BCUT2D eigenvalue weighted by molar-refractivity contribution is 8.18. The highest BCUT2D eigenvalue weighted by Crippen LogP contribution is 1.97. The Morgan fingerprint density at radius 2 is 2.33 bits per heavy atom. The fraction of sp³-hybridized carbons (Fsp3) is 0.400. The summed E-state index contributed by atoms with van der Waals surface area (Å²) in [5.41, 5.74) is 0. The Bertz CT molecular complexity index is 95.0. The van der Waals surface area contributed by atoms with Crippen LogP contribution in [0.3, 0.4) is 0 Å². The van der Waals surface area contributed by atoms with Crippen LogP contribution < -0.4 is 0 Å². The van der Waals surface area contributed by atoms with Crippen LogP contribution in [0, 0.1) is 11.7 Å². The van der Waals surface area contributed by atoms with Crippen molar-refractivity contribution in [3.8, 4) is 11.7 Å². The molecule has 0 bridgehead atoms. The predicted octanol–water partition coefficient (Wildman–Crippen LogP) is 1.30. The van der Waals surface area contributed by atoms with Gasteiger partial charge in [-0.3, -0.25) is 0 Å². The van der Waals surface area contributed by atoms with Crippen molar-refractivity contribution in [2.75, 3.05) is 6.26 Å². The third-order valence-corrected chi connectivity index (χ3v) is 1.62. The van der Waals surface area contributed by atoms with Gasteiger partial charge in [0.1, 0.15) is 0 Å². The molecule has 6 heavy (non-hydrogen) atoms. The Hall–Kier alpha value is -0.220. The summed E-state index contributed by atoms with van der Waals surface area (Å²) in [7, 11) is 0.119. The van der Waals surface area contributed by atoms with Gasteiger partial charge in [-0.25, -0.2) is 0 Å². The van der Waals surface area contributed by atoms with E-state index >= 15 is 0 Å². The first-order valence-corrected chi connectivity index (χ1v) is 3.41.